The predicted octanol–water partition coefficient (Wildman–Crippen LogP) is 3.46. The highest BCUT2D eigenvalue weighted by molar-refractivity contribution is 5.90. The fourth-order valence-corrected chi connectivity index (χ4v) is 5.96. The number of nitrogens with two attached hydrogens (primary N) is 1. The van der Waals surface area contributed by atoms with Gasteiger partial charge in [0, 0.05) is 44.4 Å². The number of hydrogen-bond acceptors (Lipinski definition) is 20. The van der Waals surface area contributed by atoms with Crippen LogP contribution in [0.4, 0.5) is 22.7 Å². The van der Waals surface area contributed by atoms with E-state index in [1.54, 1.807) is 43.5 Å². The molecule has 414 valence electrons. The standard InChI is InChI=1S/C49H80N6O18/c1-62-17-18-64-21-22-66-25-26-68-29-30-70-33-34-72-37-38-73-36-35-71-32-31-69-28-27-67-24-23-65-20-19-63-16-13-46(56)52-15-14-51-41-5-9-43(10-6-41)54-55-44-11-7-42(8-12-44)53-47(57)4-2-3-40(48(58)59)39-45(50)49(60)61/h5-12,40,45,51H,2-4,13-39,50H2,1H3,(H,52,56)(H,53,57)(H,58,59)(H,60,61)/b55-54+/t40-,45-/m0/s1. The Balaban J connectivity index is 1.31. The van der Waals surface area contributed by atoms with Crippen molar-refractivity contribution in [3.8, 4) is 0 Å². The number of nitrogens with one attached hydrogen (secondary N) is 3. The largest absolute Gasteiger partial charge is 0.481 e. The Labute approximate surface area is 428 Å². The number of anilines is 2. The molecule has 7 N–H and O–H groups in total. The van der Waals surface area contributed by atoms with Crippen molar-refractivity contribution in [2.75, 3.05) is 183 Å². The van der Waals surface area contributed by atoms with Crippen molar-refractivity contribution in [2.45, 2.75) is 38.1 Å². The molecule has 0 aliphatic heterocycles. The van der Waals surface area contributed by atoms with Crippen molar-refractivity contribution in [1.29, 1.82) is 0 Å². The number of benzene rings is 2. The zero-order chi connectivity index (χ0) is 52.7. The van der Waals surface area contributed by atoms with E-state index in [1.165, 1.54) is 0 Å². The van der Waals surface area contributed by atoms with Crippen molar-refractivity contribution < 1.29 is 86.2 Å². The Morgan fingerprint density at radius 2 is 0.849 bits per heavy atom. The smallest absolute Gasteiger partial charge is 0.320 e. The van der Waals surface area contributed by atoms with Crippen molar-refractivity contribution in [2.24, 2.45) is 21.9 Å². The second-order valence-corrected chi connectivity index (χ2v) is 15.7. The molecule has 0 saturated carbocycles. The topological polar surface area (TPSA) is 306 Å². The summed E-state index contributed by atoms with van der Waals surface area (Å²) >= 11 is 0. The minimum absolute atomic E-state index is 0.0680. The molecule has 0 heterocycles. The van der Waals surface area contributed by atoms with E-state index in [2.05, 4.69) is 26.2 Å². The summed E-state index contributed by atoms with van der Waals surface area (Å²) in [6, 6.07) is 12.8. The number of carboxylic acids is 2. The van der Waals surface area contributed by atoms with Gasteiger partial charge in [0.1, 0.15) is 6.04 Å². The summed E-state index contributed by atoms with van der Waals surface area (Å²) in [7, 11) is 1.64. The van der Waals surface area contributed by atoms with Crippen molar-refractivity contribution in [3.05, 3.63) is 48.5 Å². The van der Waals surface area contributed by atoms with Gasteiger partial charge >= 0.3 is 11.9 Å². The number of methoxy groups -OCH3 is 1. The lowest BCUT2D eigenvalue weighted by atomic mass is 9.94. The van der Waals surface area contributed by atoms with E-state index in [1.807, 2.05) is 12.1 Å². The van der Waals surface area contributed by atoms with Crippen LogP contribution in [0, 0.1) is 5.92 Å². The highest BCUT2D eigenvalue weighted by Crippen LogP contribution is 2.22. The van der Waals surface area contributed by atoms with E-state index in [4.69, 9.17) is 67.7 Å². The Morgan fingerprint density at radius 3 is 1.22 bits per heavy atom. The first-order chi connectivity index (χ1) is 35.7. The molecule has 0 saturated heterocycles. The Bertz CT molecular complexity index is 1720. The number of hydrogen-bond donors (Lipinski definition) is 6. The molecule has 24 nitrogen and oxygen atoms in total. The summed E-state index contributed by atoms with van der Waals surface area (Å²) < 4.78 is 65.0. The zero-order valence-corrected chi connectivity index (χ0v) is 42.4. The van der Waals surface area contributed by atoms with Crippen LogP contribution in [0.5, 0.6) is 0 Å². The number of rotatable bonds is 51. The molecule has 0 unspecified atom stereocenters. The summed E-state index contributed by atoms with van der Waals surface area (Å²) in [4.78, 5) is 46.9. The van der Waals surface area contributed by atoms with E-state index in [-0.39, 0.29) is 50.5 Å². The van der Waals surface area contributed by atoms with Crippen LogP contribution >= 0.6 is 0 Å². The molecular formula is C49H80N6O18. The first-order valence-electron chi connectivity index (χ1n) is 24.7. The maximum Gasteiger partial charge on any atom is 0.320 e. The van der Waals surface area contributed by atoms with Gasteiger partial charge in [-0.05, 0) is 67.8 Å². The van der Waals surface area contributed by atoms with Crippen molar-refractivity contribution in [3.63, 3.8) is 0 Å². The number of amides is 2. The molecule has 0 radical (unpaired) electrons. The van der Waals surface area contributed by atoms with Crippen LogP contribution in [0.2, 0.25) is 0 Å². The van der Waals surface area contributed by atoms with Gasteiger partial charge in [-0.3, -0.25) is 19.2 Å². The van der Waals surface area contributed by atoms with Gasteiger partial charge in [-0.1, -0.05) is 0 Å². The number of azo groups is 1. The van der Waals surface area contributed by atoms with Crippen LogP contribution < -0.4 is 21.7 Å². The molecular weight excluding hydrogens is 961 g/mol. The number of carboxylic acid groups (broad SMARTS) is 2. The maximum absolute atomic E-state index is 12.3. The van der Waals surface area contributed by atoms with Crippen LogP contribution in [0.15, 0.2) is 58.8 Å². The van der Waals surface area contributed by atoms with Crippen LogP contribution in [0.25, 0.3) is 0 Å². The number of ether oxygens (including phenoxy) is 12. The van der Waals surface area contributed by atoms with Crippen LogP contribution in [0.3, 0.4) is 0 Å². The fourth-order valence-electron chi connectivity index (χ4n) is 5.96. The molecule has 2 atom stereocenters. The van der Waals surface area contributed by atoms with Gasteiger partial charge in [0.05, 0.1) is 169 Å². The van der Waals surface area contributed by atoms with E-state index in [0.29, 0.717) is 176 Å². The number of carbonyl (C=O) groups excluding carboxylic acids is 2. The minimum Gasteiger partial charge on any atom is -0.481 e. The SMILES string of the molecule is COCCOCCOCCOCCOCCOCCOCCOCCOCCOCCOCCOCCC(=O)NCCNc1ccc(/N=N/c2ccc(NC(=O)CCC[C@@H](C[C@H](N)C(=O)O)C(=O)O)cc2)cc1. The zero-order valence-electron chi connectivity index (χ0n) is 42.4. The van der Waals surface area contributed by atoms with Gasteiger partial charge in [0.25, 0.3) is 0 Å². The summed E-state index contributed by atoms with van der Waals surface area (Å²) in [5.74, 6) is -3.77. The normalized spacial score (nSPS) is 12.2. The van der Waals surface area contributed by atoms with Crippen LogP contribution in [0.1, 0.15) is 32.1 Å². The number of aliphatic carboxylic acids is 2. The molecule has 0 aromatic heterocycles. The highest BCUT2D eigenvalue weighted by Gasteiger charge is 2.24. The molecule has 0 aliphatic carbocycles. The average Bonchev–Trinajstić information content (AvgIpc) is 3.38. The minimum atomic E-state index is -1.27. The molecule has 2 amide bonds. The lowest BCUT2D eigenvalue weighted by molar-refractivity contribution is -0.144. The summed E-state index contributed by atoms with van der Waals surface area (Å²) in [5.41, 5.74) is 8.05. The number of nitrogens with zero attached hydrogens (tertiary/aromatic N) is 2. The molecule has 2 rings (SSSR count). The molecule has 73 heavy (non-hydrogen) atoms. The lowest BCUT2D eigenvalue weighted by Gasteiger charge is -2.14. The molecule has 0 fully saturated rings. The van der Waals surface area contributed by atoms with E-state index in [9.17, 15) is 24.3 Å². The first-order valence-corrected chi connectivity index (χ1v) is 24.7. The Hall–Kier alpha value is -4.80. The van der Waals surface area contributed by atoms with Crippen LogP contribution in [-0.2, 0) is 76.0 Å². The van der Waals surface area contributed by atoms with E-state index < -0.39 is 23.9 Å². The fraction of sp³-hybridized carbons (Fsp3) is 0.673. The monoisotopic (exact) mass is 1040 g/mol. The van der Waals surface area contributed by atoms with Crippen molar-refractivity contribution >= 4 is 46.5 Å². The summed E-state index contributed by atoms with van der Waals surface area (Å²) in [5, 5.41) is 35.6. The summed E-state index contributed by atoms with van der Waals surface area (Å²) in [6.45, 7) is 11.8. The summed E-state index contributed by atoms with van der Waals surface area (Å²) in [6.07, 6.45) is 0.493. The van der Waals surface area contributed by atoms with E-state index in [0.717, 1.165) is 5.69 Å². The van der Waals surface area contributed by atoms with Gasteiger partial charge in [0.15, 0.2) is 0 Å². The average molecular weight is 1040 g/mol. The quantitative estimate of drug-likeness (QED) is 0.0408. The molecule has 2 aromatic rings. The second-order valence-electron chi connectivity index (χ2n) is 15.7. The Morgan fingerprint density at radius 1 is 0.479 bits per heavy atom. The third kappa shape index (κ3) is 38.4. The lowest BCUT2D eigenvalue weighted by Crippen LogP contribution is -2.34. The third-order valence-corrected chi connectivity index (χ3v) is 9.86. The predicted molar refractivity (Wildman–Crippen MR) is 268 cm³/mol. The molecule has 0 spiro atoms. The van der Waals surface area contributed by atoms with E-state index >= 15 is 0 Å². The molecule has 0 bridgehead atoms. The second kappa shape index (κ2) is 45.8. The van der Waals surface area contributed by atoms with Gasteiger partial charge in [-0.15, -0.1) is 0 Å². The molecule has 2 aromatic carbocycles. The van der Waals surface area contributed by atoms with Gasteiger partial charge in [0.2, 0.25) is 11.8 Å². The van der Waals surface area contributed by atoms with Gasteiger partial charge in [-0.25, -0.2) is 0 Å². The molecule has 24 heteroatoms. The Kier molecular flexibility index (Phi) is 40.3. The van der Waals surface area contributed by atoms with Crippen LogP contribution in [-0.4, -0.2) is 212 Å². The van der Waals surface area contributed by atoms with Gasteiger partial charge in [-0.2, -0.15) is 10.2 Å². The third-order valence-electron chi connectivity index (χ3n) is 9.86. The first kappa shape index (κ1) is 64.3. The number of carbonyl (C=O) groups is 4. The van der Waals surface area contributed by atoms with Gasteiger partial charge < -0.3 is 88.7 Å². The molecule has 0 aliphatic rings. The maximum atomic E-state index is 12.3. The van der Waals surface area contributed by atoms with Crippen molar-refractivity contribution in [1.82, 2.24) is 5.32 Å². The highest BCUT2D eigenvalue weighted by atomic mass is 16.6.